The van der Waals surface area contributed by atoms with Crippen LogP contribution in [-0.2, 0) is 38.0 Å². The molecule has 24 heavy (non-hydrogen) atoms. The fourth-order valence-corrected chi connectivity index (χ4v) is 2.87. The van der Waals surface area contributed by atoms with Gasteiger partial charge in [-0.3, -0.25) is 0 Å². The van der Waals surface area contributed by atoms with Gasteiger partial charge in [-0.2, -0.15) is 0 Å². The van der Waals surface area contributed by atoms with Crippen LogP contribution in [-0.4, -0.2) is 61.1 Å². The first-order valence-corrected chi connectivity index (χ1v) is 8.14. The Balaban J connectivity index is 2.26. The molecule has 2 aliphatic heterocycles. The highest BCUT2D eigenvalue weighted by molar-refractivity contribution is 5.78. The van der Waals surface area contributed by atoms with Gasteiger partial charge in [0.2, 0.25) is 0 Å². The highest BCUT2D eigenvalue weighted by Gasteiger charge is 2.58. The van der Waals surface area contributed by atoms with Crippen molar-refractivity contribution in [2.45, 2.75) is 77.5 Å². The monoisotopic (exact) mass is 346 g/mol. The molecule has 2 aliphatic rings. The molecule has 2 heterocycles. The summed E-state index contributed by atoms with van der Waals surface area (Å²) in [6.45, 7) is 10.5. The van der Waals surface area contributed by atoms with E-state index in [9.17, 15) is 9.59 Å². The number of ether oxygens (including phenoxy) is 6. The molecule has 2 rings (SSSR count). The summed E-state index contributed by atoms with van der Waals surface area (Å²) in [4.78, 5) is 24.4. The summed E-state index contributed by atoms with van der Waals surface area (Å²) in [5.41, 5.74) is 0. The molecule has 2 saturated heterocycles. The van der Waals surface area contributed by atoms with Gasteiger partial charge in [-0.25, -0.2) is 9.59 Å². The molecule has 2 fully saturated rings. The maximum absolute atomic E-state index is 12.2. The average Bonchev–Trinajstić information content (AvgIpc) is 2.95. The molecule has 8 heteroatoms. The number of carbonyl (C=O) groups is 2. The maximum atomic E-state index is 12.2. The van der Waals surface area contributed by atoms with Crippen LogP contribution >= 0.6 is 0 Å². The van der Waals surface area contributed by atoms with Gasteiger partial charge < -0.3 is 28.4 Å². The van der Waals surface area contributed by atoms with E-state index in [2.05, 4.69) is 0 Å². The largest absolute Gasteiger partial charge is 0.464 e. The second kappa shape index (κ2) is 6.95. The lowest BCUT2D eigenvalue weighted by molar-refractivity contribution is -0.177. The van der Waals surface area contributed by atoms with Crippen molar-refractivity contribution in [3.05, 3.63) is 0 Å². The lowest BCUT2D eigenvalue weighted by atomic mass is 10.0. The van der Waals surface area contributed by atoms with Gasteiger partial charge in [0.25, 0.3) is 0 Å². The van der Waals surface area contributed by atoms with Gasteiger partial charge in [-0.05, 0) is 41.5 Å². The average molecular weight is 346 g/mol. The van der Waals surface area contributed by atoms with Gasteiger partial charge in [0.1, 0.15) is 12.2 Å². The topological polar surface area (TPSA) is 89.5 Å². The minimum atomic E-state index is -1.02. The Morgan fingerprint density at radius 1 is 0.750 bits per heavy atom. The fraction of sp³-hybridized carbons (Fsp3) is 0.875. The molecule has 138 valence electrons. The SMILES string of the molecule is CCOC(=O)[C@H]1OC(C)(C)OC1C1OC(C)(C)O[C@H]1C(=O)OCC. The highest BCUT2D eigenvalue weighted by atomic mass is 16.8. The molecular formula is C16H26O8. The maximum Gasteiger partial charge on any atom is 0.338 e. The van der Waals surface area contributed by atoms with E-state index < -0.39 is 47.9 Å². The Hall–Kier alpha value is -1.22. The highest BCUT2D eigenvalue weighted by Crippen LogP contribution is 2.39. The van der Waals surface area contributed by atoms with Gasteiger partial charge in [0.05, 0.1) is 13.2 Å². The molecule has 8 nitrogen and oxygen atoms in total. The molecule has 0 spiro atoms. The van der Waals surface area contributed by atoms with Gasteiger partial charge >= 0.3 is 11.9 Å². The van der Waals surface area contributed by atoms with Gasteiger partial charge in [0, 0.05) is 0 Å². The van der Waals surface area contributed by atoms with Crippen LogP contribution in [0.4, 0.5) is 0 Å². The first-order valence-electron chi connectivity index (χ1n) is 8.14. The lowest BCUT2D eigenvalue weighted by Crippen LogP contribution is -2.48. The number of hydrogen-bond acceptors (Lipinski definition) is 8. The molecule has 0 radical (unpaired) electrons. The van der Waals surface area contributed by atoms with E-state index >= 15 is 0 Å². The third kappa shape index (κ3) is 4.05. The summed E-state index contributed by atoms with van der Waals surface area (Å²) < 4.78 is 33.1. The third-order valence-corrected chi connectivity index (χ3v) is 3.62. The predicted molar refractivity (Wildman–Crippen MR) is 80.9 cm³/mol. The van der Waals surface area contributed by atoms with Crippen LogP contribution in [0.15, 0.2) is 0 Å². The van der Waals surface area contributed by atoms with Gasteiger partial charge in [0.15, 0.2) is 23.8 Å². The summed E-state index contributed by atoms with van der Waals surface area (Å²) in [5, 5.41) is 0. The quantitative estimate of drug-likeness (QED) is 0.685. The molecule has 0 saturated carbocycles. The normalized spacial score (nSPS) is 34.1. The zero-order valence-corrected chi connectivity index (χ0v) is 15.0. The number of rotatable bonds is 5. The van der Waals surface area contributed by atoms with Crippen LogP contribution in [0, 0.1) is 0 Å². The number of esters is 2. The summed E-state index contributed by atoms with van der Waals surface area (Å²) in [7, 11) is 0. The molecule has 0 aliphatic carbocycles. The van der Waals surface area contributed by atoms with E-state index in [4.69, 9.17) is 28.4 Å². The Morgan fingerprint density at radius 2 is 1.08 bits per heavy atom. The molecule has 0 aromatic carbocycles. The van der Waals surface area contributed by atoms with Crippen LogP contribution in [0.3, 0.4) is 0 Å². The van der Waals surface area contributed by atoms with E-state index in [1.165, 1.54) is 0 Å². The fourth-order valence-electron chi connectivity index (χ4n) is 2.87. The Kier molecular flexibility index (Phi) is 5.54. The van der Waals surface area contributed by atoms with Crippen LogP contribution in [0.1, 0.15) is 41.5 Å². The van der Waals surface area contributed by atoms with Crippen molar-refractivity contribution >= 4 is 11.9 Å². The molecule has 0 N–H and O–H groups in total. The molecule has 4 atom stereocenters. The van der Waals surface area contributed by atoms with Crippen molar-refractivity contribution in [2.75, 3.05) is 13.2 Å². The third-order valence-electron chi connectivity index (χ3n) is 3.62. The van der Waals surface area contributed by atoms with Crippen molar-refractivity contribution in [3.63, 3.8) is 0 Å². The summed E-state index contributed by atoms with van der Waals surface area (Å²) in [6, 6.07) is 0. The number of hydrogen-bond donors (Lipinski definition) is 0. The molecule has 0 aromatic rings. The molecule has 0 aromatic heterocycles. The van der Waals surface area contributed by atoms with E-state index in [-0.39, 0.29) is 13.2 Å². The van der Waals surface area contributed by atoms with E-state index in [1.54, 1.807) is 41.5 Å². The Bertz CT molecular complexity index is 442. The smallest absolute Gasteiger partial charge is 0.338 e. The van der Waals surface area contributed by atoms with Gasteiger partial charge in [-0.15, -0.1) is 0 Å². The molecular weight excluding hydrogens is 320 g/mol. The van der Waals surface area contributed by atoms with Crippen molar-refractivity contribution in [3.8, 4) is 0 Å². The van der Waals surface area contributed by atoms with Crippen molar-refractivity contribution < 1.29 is 38.0 Å². The standard InChI is InChI=1S/C16H26O8/c1-7-19-13(17)11-9(21-15(3,4)23-11)10-12(14(18)20-8-2)24-16(5,6)22-10/h9-12H,7-8H2,1-6H3/t9?,10?,11-,12+. The predicted octanol–water partition coefficient (Wildman–Crippen LogP) is 1.15. The zero-order valence-electron chi connectivity index (χ0n) is 15.0. The minimum Gasteiger partial charge on any atom is -0.464 e. The molecule has 2 unspecified atom stereocenters. The van der Waals surface area contributed by atoms with Crippen LogP contribution in [0.5, 0.6) is 0 Å². The van der Waals surface area contributed by atoms with E-state index in [0.717, 1.165) is 0 Å². The minimum absolute atomic E-state index is 0.209. The van der Waals surface area contributed by atoms with Crippen molar-refractivity contribution in [1.29, 1.82) is 0 Å². The number of carbonyl (C=O) groups excluding carboxylic acids is 2. The summed E-state index contributed by atoms with van der Waals surface area (Å²) in [5.74, 6) is -3.16. The van der Waals surface area contributed by atoms with E-state index in [0.29, 0.717) is 0 Å². The Morgan fingerprint density at radius 3 is 1.38 bits per heavy atom. The van der Waals surface area contributed by atoms with Crippen LogP contribution in [0.2, 0.25) is 0 Å². The first-order chi connectivity index (χ1) is 11.1. The second-order valence-electron chi connectivity index (χ2n) is 6.55. The van der Waals surface area contributed by atoms with Crippen LogP contribution < -0.4 is 0 Å². The first kappa shape index (κ1) is 19.1. The zero-order chi connectivity index (χ0) is 18.1. The molecule has 0 bridgehead atoms. The summed E-state index contributed by atoms with van der Waals surface area (Å²) >= 11 is 0. The van der Waals surface area contributed by atoms with Gasteiger partial charge in [-0.1, -0.05) is 0 Å². The molecule has 0 amide bonds. The Labute approximate surface area is 141 Å². The second-order valence-corrected chi connectivity index (χ2v) is 6.55. The lowest BCUT2D eigenvalue weighted by Gasteiger charge is -2.24. The van der Waals surface area contributed by atoms with Crippen molar-refractivity contribution in [2.24, 2.45) is 0 Å². The van der Waals surface area contributed by atoms with Crippen LogP contribution in [0.25, 0.3) is 0 Å². The summed E-state index contributed by atoms with van der Waals surface area (Å²) in [6.07, 6.45) is -3.73. The van der Waals surface area contributed by atoms with E-state index in [1.807, 2.05) is 0 Å². The van der Waals surface area contributed by atoms with Crippen molar-refractivity contribution in [1.82, 2.24) is 0 Å².